The summed E-state index contributed by atoms with van der Waals surface area (Å²) in [6, 6.07) is 5.38. The van der Waals surface area contributed by atoms with Crippen molar-refractivity contribution in [1.82, 2.24) is 10.2 Å². The van der Waals surface area contributed by atoms with Crippen molar-refractivity contribution in [1.29, 1.82) is 0 Å². The van der Waals surface area contributed by atoms with Crippen LogP contribution in [0.3, 0.4) is 0 Å². The SMILES string of the molecule is CC(=O)N(CCC(=O)NCCCN(C)C)c1ccc(Cl)cc1C. The Morgan fingerprint density at radius 2 is 1.91 bits per heavy atom. The molecule has 2 amide bonds. The van der Waals surface area contributed by atoms with Gasteiger partial charge in [-0.2, -0.15) is 0 Å². The monoisotopic (exact) mass is 339 g/mol. The van der Waals surface area contributed by atoms with E-state index < -0.39 is 0 Å². The van der Waals surface area contributed by atoms with Crippen molar-refractivity contribution < 1.29 is 9.59 Å². The number of halogens is 1. The van der Waals surface area contributed by atoms with Crippen LogP contribution in [0.1, 0.15) is 25.3 Å². The van der Waals surface area contributed by atoms with Crippen molar-refractivity contribution in [3.8, 4) is 0 Å². The molecule has 1 N–H and O–H groups in total. The molecule has 23 heavy (non-hydrogen) atoms. The Morgan fingerprint density at radius 1 is 1.22 bits per heavy atom. The number of anilines is 1. The second-order valence-corrected chi connectivity index (χ2v) is 6.29. The van der Waals surface area contributed by atoms with Gasteiger partial charge in [-0.1, -0.05) is 11.6 Å². The first-order valence-corrected chi connectivity index (χ1v) is 8.14. The molecule has 0 aliphatic heterocycles. The minimum absolute atomic E-state index is 0.0402. The molecule has 0 aliphatic rings. The summed E-state index contributed by atoms with van der Waals surface area (Å²) in [6.07, 6.45) is 1.19. The Hall–Kier alpha value is -1.59. The summed E-state index contributed by atoms with van der Waals surface area (Å²) < 4.78 is 0. The van der Waals surface area contributed by atoms with Gasteiger partial charge in [-0.25, -0.2) is 0 Å². The van der Waals surface area contributed by atoms with Crippen LogP contribution in [0.2, 0.25) is 5.02 Å². The first-order valence-electron chi connectivity index (χ1n) is 7.77. The zero-order valence-electron chi connectivity index (χ0n) is 14.4. The van der Waals surface area contributed by atoms with E-state index in [0.717, 1.165) is 24.2 Å². The van der Waals surface area contributed by atoms with Gasteiger partial charge in [0.15, 0.2) is 0 Å². The summed E-state index contributed by atoms with van der Waals surface area (Å²) in [5.41, 5.74) is 1.71. The van der Waals surface area contributed by atoms with Gasteiger partial charge in [-0.15, -0.1) is 0 Å². The Bertz CT molecular complexity index is 547. The second kappa shape index (κ2) is 9.53. The van der Waals surface area contributed by atoms with E-state index in [1.807, 2.05) is 33.2 Å². The summed E-state index contributed by atoms with van der Waals surface area (Å²) in [4.78, 5) is 27.5. The molecule has 0 radical (unpaired) electrons. The summed E-state index contributed by atoms with van der Waals surface area (Å²) in [6.45, 7) is 5.35. The fourth-order valence-electron chi connectivity index (χ4n) is 2.29. The number of nitrogens with zero attached hydrogens (tertiary/aromatic N) is 2. The van der Waals surface area contributed by atoms with Gasteiger partial charge in [0.1, 0.15) is 0 Å². The van der Waals surface area contributed by atoms with E-state index in [9.17, 15) is 9.59 Å². The molecule has 0 bridgehead atoms. The number of hydrogen-bond donors (Lipinski definition) is 1. The van der Waals surface area contributed by atoms with Crippen molar-refractivity contribution in [2.75, 3.05) is 38.6 Å². The number of nitrogens with one attached hydrogen (secondary N) is 1. The Labute approximate surface area is 143 Å². The molecular weight excluding hydrogens is 314 g/mol. The fourth-order valence-corrected chi connectivity index (χ4v) is 2.52. The van der Waals surface area contributed by atoms with Crippen LogP contribution in [-0.2, 0) is 9.59 Å². The number of hydrogen-bond acceptors (Lipinski definition) is 3. The van der Waals surface area contributed by atoms with Crippen LogP contribution >= 0.6 is 11.6 Å². The molecule has 0 fully saturated rings. The quantitative estimate of drug-likeness (QED) is 0.740. The summed E-state index contributed by atoms with van der Waals surface area (Å²) in [7, 11) is 4.00. The first-order chi connectivity index (χ1) is 10.8. The molecule has 0 unspecified atom stereocenters. The maximum absolute atomic E-state index is 11.9. The predicted molar refractivity (Wildman–Crippen MR) is 95.0 cm³/mol. The van der Waals surface area contributed by atoms with Crippen molar-refractivity contribution >= 4 is 29.1 Å². The Morgan fingerprint density at radius 3 is 2.48 bits per heavy atom. The molecule has 0 aromatic heterocycles. The van der Waals surface area contributed by atoms with Crippen LogP contribution in [0.15, 0.2) is 18.2 Å². The van der Waals surface area contributed by atoms with E-state index in [1.165, 1.54) is 6.92 Å². The highest BCUT2D eigenvalue weighted by Gasteiger charge is 2.15. The van der Waals surface area contributed by atoms with Crippen LogP contribution in [0.4, 0.5) is 5.69 Å². The molecule has 0 atom stereocenters. The molecule has 1 aromatic carbocycles. The standard InChI is InChI=1S/C17H26ClN3O2/c1-13-12-15(18)6-7-16(13)21(14(2)22)11-8-17(23)19-9-5-10-20(3)4/h6-7,12H,5,8-11H2,1-4H3,(H,19,23). The van der Waals surface area contributed by atoms with Crippen molar-refractivity contribution in [3.05, 3.63) is 28.8 Å². The third kappa shape index (κ3) is 7.01. The van der Waals surface area contributed by atoms with Gasteiger partial charge in [0.05, 0.1) is 0 Å². The van der Waals surface area contributed by atoms with Crippen molar-refractivity contribution in [3.63, 3.8) is 0 Å². The Kier molecular flexibility index (Phi) is 8.06. The summed E-state index contributed by atoms with van der Waals surface area (Å²) in [5, 5.41) is 3.52. The van der Waals surface area contributed by atoms with Crippen LogP contribution in [0.5, 0.6) is 0 Å². The van der Waals surface area contributed by atoms with E-state index >= 15 is 0 Å². The molecule has 1 aromatic rings. The highest BCUT2D eigenvalue weighted by molar-refractivity contribution is 6.30. The van der Waals surface area contributed by atoms with Gasteiger partial charge in [-0.3, -0.25) is 9.59 Å². The Balaban J connectivity index is 2.54. The zero-order chi connectivity index (χ0) is 17.4. The van der Waals surface area contributed by atoms with Crippen molar-refractivity contribution in [2.24, 2.45) is 0 Å². The van der Waals surface area contributed by atoms with Crippen LogP contribution in [-0.4, -0.2) is 50.4 Å². The smallest absolute Gasteiger partial charge is 0.223 e. The van der Waals surface area contributed by atoms with Crippen LogP contribution in [0, 0.1) is 6.92 Å². The molecule has 0 spiro atoms. The molecule has 6 heteroatoms. The fraction of sp³-hybridized carbons (Fsp3) is 0.529. The van der Waals surface area contributed by atoms with E-state index in [4.69, 9.17) is 11.6 Å². The van der Waals surface area contributed by atoms with Crippen LogP contribution < -0.4 is 10.2 Å². The summed E-state index contributed by atoms with van der Waals surface area (Å²) in [5.74, 6) is -0.127. The van der Waals surface area contributed by atoms with E-state index in [-0.39, 0.29) is 18.2 Å². The zero-order valence-corrected chi connectivity index (χ0v) is 15.1. The number of carbonyl (C=O) groups excluding carboxylic acids is 2. The van der Waals surface area contributed by atoms with Crippen LogP contribution in [0.25, 0.3) is 0 Å². The topological polar surface area (TPSA) is 52.7 Å². The molecule has 0 saturated carbocycles. The average molecular weight is 340 g/mol. The maximum Gasteiger partial charge on any atom is 0.223 e. The number of carbonyl (C=O) groups is 2. The van der Waals surface area contributed by atoms with Crippen molar-refractivity contribution in [2.45, 2.75) is 26.7 Å². The highest BCUT2D eigenvalue weighted by Crippen LogP contribution is 2.24. The predicted octanol–water partition coefficient (Wildman–Crippen LogP) is 2.46. The molecular formula is C17H26ClN3O2. The normalized spacial score (nSPS) is 10.7. The van der Waals surface area contributed by atoms with Gasteiger partial charge in [0.2, 0.25) is 11.8 Å². The lowest BCUT2D eigenvalue weighted by Crippen LogP contribution is -2.35. The maximum atomic E-state index is 11.9. The molecule has 0 aliphatic carbocycles. The minimum atomic E-state index is -0.0872. The molecule has 1 rings (SSSR count). The largest absolute Gasteiger partial charge is 0.356 e. The van der Waals surface area contributed by atoms with Gasteiger partial charge < -0.3 is 15.1 Å². The molecule has 128 valence electrons. The third-order valence-corrected chi connectivity index (χ3v) is 3.73. The van der Waals surface area contributed by atoms with Gasteiger partial charge in [0, 0.05) is 37.1 Å². The average Bonchev–Trinajstić information content (AvgIpc) is 2.45. The number of aryl methyl sites for hydroxylation is 1. The highest BCUT2D eigenvalue weighted by atomic mass is 35.5. The minimum Gasteiger partial charge on any atom is -0.356 e. The summed E-state index contributed by atoms with van der Waals surface area (Å²) >= 11 is 5.95. The molecule has 5 nitrogen and oxygen atoms in total. The lowest BCUT2D eigenvalue weighted by atomic mass is 10.1. The lowest BCUT2D eigenvalue weighted by Gasteiger charge is -2.23. The van der Waals surface area contributed by atoms with E-state index in [2.05, 4.69) is 10.2 Å². The molecule has 0 saturated heterocycles. The van der Waals surface area contributed by atoms with Gasteiger partial charge >= 0.3 is 0 Å². The number of rotatable bonds is 8. The second-order valence-electron chi connectivity index (χ2n) is 5.86. The number of amides is 2. The number of benzene rings is 1. The lowest BCUT2D eigenvalue weighted by molar-refractivity contribution is -0.121. The first kappa shape index (κ1) is 19.5. The van der Waals surface area contributed by atoms with E-state index in [1.54, 1.807) is 11.0 Å². The van der Waals surface area contributed by atoms with E-state index in [0.29, 0.717) is 18.1 Å². The van der Waals surface area contributed by atoms with Gasteiger partial charge in [0.25, 0.3) is 0 Å². The molecule has 0 heterocycles. The third-order valence-electron chi connectivity index (χ3n) is 3.50. The van der Waals surface area contributed by atoms with Gasteiger partial charge in [-0.05, 0) is 57.7 Å².